The zero-order valence-corrected chi connectivity index (χ0v) is 12.5. The zero-order chi connectivity index (χ0) is 14.8. The van der Waals surface area contributed by atoms with Crippen LogP contribution in [-0.2, 0) is 16.1 Å². The van der Waals surface area contributed by atoms with Crippen LogP contribution < -0.4 is 5.32 Å². The number of carbonyl (C=O) groups is 2. The summed E-state index contributed by atoms with van der Waals surface area (Å²) in [4.78, 5) is 26.1. The van der Waals surface area contributed by atoms with E-state index in [4.69, 9.17) is 0 Å². The van der Waals surface area contributed by atoms with Gasteiger partial charge in [0, 0.05) is 25.6 Å². The van der Waals surface area contributed by atoms with E-state index in [0.717, 1.165) is 18.4 Å². The Morgan fingerprint density at radius 2 is 1.95 bits per heavy atom. The van der Waals surface area contributed by atoms with E-state index in [1.165, 1.54) is 5.56 Å². The third-order valence-electron chi connectivity index (χ3n) is 4.39. The van der Waals surface area contributed by atoms with Gasteiger partial charge in [-0.3, -0.25) is 9.59 Å². The fourth-order valence-corrected chi connectivity index (χ4v) is 2.86. The molecule has 3 rings (SSSR count). The number of nitrogens with zero attached hydrogens (tertiary/aromatic N) is 1. The number of amides is 2. The van der Waals surface area contributed by atoms with E-state index in [2.05, 4.69) is 17.4 Å². The Labute approximate surface area is 125 Å². The van der Waals surface area contributed by atoms with Crippen molar-refractivity contribution in [1.29, 1.82) is 0 Å². The fraction of sp³-hybridized carbons (Fsp3) is 0.529. The van der Waals surface area contributed by atoms with Crippen molar-refractivity contribution in [2.45, 2.75) is 45.2 Å². The first-order valence-electron chi connectivity index (χ1n) is 7.76. The average molecular weight is 286 g/mol. The topological polar surface area (TPSA) is 49.4 Å². The minimum absolute atomic E-state index is 0.0475. The first-order chi connectivity index (χ1) is 10.1. The van der Waals surface area contributed by atoms with Gasteiger partial charge < -0.3 is 10.2 Å². The summed E-state index contributed by atoms with van der Waals surface area (Å²) in [5.41, 5.74) is 2.33. The number of hydrogen-bond acceptors (Lipinski definition) is 2. The summed E-state index contributed by atoms with van der Waals surface area (Å²) >= 11 is 0. The Balaban J connectivity index is 1.53. The molecule has 1 aromatic carbocycles. The molecular formula is C17H22N2O2. The lowest BCUT2D eigenvalue weighted by molar-refractivity contribution is -0.138. The molecule has 112 valence electrons. The molecule has 21 heavy (non-hydrogen) atoms. The van der Waals surface area contributed by atoms with Crippen molar-refractivity contribution in [3.05, 3.63) is 35.4 Å². The van der Waals surface area contributed by atoms with Gasteiger partial charge in [-0.1, -0.05) is 29.8 Å². The van der Waals surface area contributed by atoms with Gasteiger partial charge in [0.15, 0.2) is 0 Å². The van der Waals surface area contributed by atoms with Gasteiger partial charge in [-0.25, -0.2) is 0 Å². The van der Waals surface area contributed by atoms with E-state index in [1.54, 1.807) is 0 Å². The van der Waals surface area contributed by atoms with Gasteiger partial charge in [-0.15, -0.1) is 0 Å². The Morgan fingerprint density at radius 3 is 2.62 bits per heavy atom. The van der Waals surface area contributed by atoms with Gasteiger partial charge in [-0.05, 0) is 31.7 Å². The molecule has 0 unspecified atom stereocenters. The Kier molecular flexibility index (Phi) is 3.95. The van der Waals surface area contributed by atoms with Crippen molar-refractivity contribution in [2.24, 2.45) is 5.92 Å². The highest BCUT2D eigenvalue weighted by Gasteiger charge is 2.38. The average Bonchev–Trinajstić information content (AvgIpc) is 3.31. The van der Waals surface area contributed by atoms with Crippen LogP contribution in [0.25, 0.3) is 0 Å². The second-order valence-corrected chi connectivity index (χ2v) is 6.22. The van der Waals surface area contributed by atoms with Crippen molar-refractivity contribution >= 4 is 11.8 Å². The molecular weight excluding hydrogens is 264 g/mol. The van der Waals surface area contributed by atoms with Gasteiger partial charge >= 0.3 is 0 Å². The molecule has 0 radical (unpaired) electrons. The van der Waals surface area contributed by atoms with E-state index < -0.39 is 0 Å². The minimum Gasteiger partial charge on any atom is -0.352 e. The summed E-state index contributed by atoms with van der Waals surface area (Å²) in [6.07, 6.45) is 3.40. The first-order valence-corrected chi connectivity index (χ1v) is 7.76. The standard InChI is InChI=1S/C17H22N2O2/c1-12-2-4-13(5-3-12)10-18-17(21)14-6-9-16(20)19(11-14)15-7-8-15/h2-5,14-15H,6-11H2,1H3,(H,18,21)/t14-/m0/s1. The van der Waals surface area contributed by atoms with Crippen LogP contribution in [0.2, 0.25) is 0 Å². The van der Waals surface area contributed by atoms with Crippen LogP contribution in [0.4, 0.5) is 0 Å². The van der Waals surface area contributed by atoms with Crippen molar-refractivity contribution in [2.75, 3.05) is 6.54 Å². The maximum absolute atomic E-state index is 12.3. The second-order valence-electron chi connectivity index (χ2n) is 6.22. The highest BCUT2D eigenvalue weighted by Crippen LogP contribution is 2.31. The Morgan fingerprint density at radius 1 is 1.24 bits per heavy atom. The number of likely N-dealkylation sites (tertiary alicyclic amines) is 1. The summed E-state index contributed by atoms with van der Waals surface area (Å²) < 4.78 is 0. The lowest BCUT2D eigenvalue weighted by Crippen LogP contribution is -2.46. The second kappa shape index (κ2) is 5.88. The SMILES string of the molecule is Cc1ccc(CNC(=O)[C@H]2CCC(=O)N(C3CC3)C2)cc1. The molecule has 4 nitrogen and oxygen atoms in total. The fourth-order valence-electron chi connectivity index (χ4n) is 2.86. The van der Waals surface area contributed by atoms with E-state index in [0.29, 0.717) is 32.0 Å². The molecule has 1 saturated carbocycles. The number of carbonyl (C=O) groups excluding carboxylic acids is 2. The van der Waals surface area contributed by atoms with Crippen molar-refractivity contribution < 1.29 is 9.59 Å². The maximum Gasteiger partial charge on any atom is 0.225 e. The van der Waals surface area contributed by atoms with Crippen LogP contribution in [0.3, 0.4) is 0 Å². The molecule has 1 aromatic rings. The molecule has 0 bridgehead atoms. The number of hydrogen-bond donors (Lipinski definition) is 1. The van der Waals surface area contributed by atoms with E-state index in [9.17, 15) is 9.59 Å². The van der Waals surface area contributed by atoms with Crippen LogP contribution in [0.15, 0.2) is 24.3 Å². The van der Waals surface area contributed by atoms with Gasteiger partial charge in [0.2, 0.25) is 11.8 Å². The smallest absolute Gasteiger partial charge is 0.225 e. The summed E-state index contributed by atoms with van der Waals surface area (Å²) in [6, 6.07) is 8.59. The Bertz CT molecular complexity index is 534. The molecule has 1 heterocycles. The molecule has 0 spiro atoms. The van der Waals surface area contributed by atoms with Crippen LogP contribution in [0.1, 0.15) is 36.8 Å². The minimum atomic E-state index is -0.0475. The number of benzene rings is 1. The third-order valence-corrected chi connectivity index (χ3v) is 4.39. The molecule has 1 N–H and O–H groups in total. The molecule has 2 aliphatic rings. The highest BCUT2D eigenvalue weighted by atomic mass is 16.2. The molecule has 0 aromatic heterocycles. The van der Waals surface area contributed by atoms with Crippen LogP contribution in [0.5, 0.6) is 0 Å². The maximum atomic E-state index is 12.3. The van der Waals surface area contributed by atoms with Crippen molar-refractivity contribution in [3.8, 4) is 0 Å². The summed E-state index contributed by atoms with van der Waals surface area (Å²) in [5.74, 6) is 0.252. The summed E-state index contributed by atoms with van der Waals surface area (Å²) in [6.45, 7) is 3.21. The quantitative estimate of drug-likeness (QED) is 0.920. The molecule has 2 amide bonds. The van der Waals surface area contributed by atoms with E-state index in [1.807, 2.05) is 24.0 Å². The van der Waals surface area contributed by atoms with E-state index >= 15 is 0 Å². The van der Waals surface area contributed by atoms with Gasteiger partial charge in [0.05, 0.1) is 5.92 Å². The molecule has 1 aliphatic carbocycles. The van der Waals surface area contributed by atoms with Gasteiger partial charge in [0.25, 0.3) is 0 Å². The lowest BCUT2D eigenvalue weighted by Gasteiger charge is -2.32. The number of piperidine rings is 1. The number of nitrogens with one attached hydrogen (secondary N) is 1. The Hall–Kier alpha value is -1.84. The molecule has 1 aliphatic heterocycles. The third kappa shape index (κ3) is 3.43. The normalized spacial score (nSPS) is 22.2. The highest BCUT2D eigenvalue weighted by molar-refractivity contribution is 5.84. The summed E-state index contributed by atoms with van der Waals surface area (Å²) in [7, 11) is 0. The predicted molar refractivity (Wildman–Crippen MR) is 80.5 cm³/mol. The van der Waals surface area contributed by atoms with Gasteiger partial charge in [0.1, 0.15) is 0 Å². The summed E-state index contributed by atoms with van der Waals surface area (Å²) in [5, 5.41) is 3.01. The number of rotatable bonds is 4. The molecule has 1 atom stereocenters. The molecule has 4 heteroatoms. The molecule has 2 fully saturated rings. The van der Waals surface area contributed by atoms with Crippen molar-refractivity contribution in [1.82, 2.24) is 10.2 Å². The number of aryl methyl sites for hydroxylation is 1. The van der Waals surface area contributed by atoms with E-state index in [-0.39, 0.29) is 17.7 Å². The van der Waals surface area contributed by atoms with Crippen LogP contribution in [0, 0.1) is 12.8 Å². The lowest BCUT2D eigenvalue weighted by atomic mass is 9.96. The van der Waals surface area contributed by atoms with Gasteiger partial charge in [-0.2, -0.15) is 0 Å². The van der Waals surface area contributed by atoms with Crippen LogP contribution in [-0.4, -0.2) is 29.3 Å². The monoisotopic (exact) mass is 286 g/mol. The van der Waals surface area contributed by atoms with Crippen LogP contribution >= 0.6 is 0 Å². The molecule has 1 saturated heterocycles. The zero-order valence-electron chi connectivity index (χ0n) is 12.5. The largest absolute Gasteiger partial charge is 0.352 e. The first kappa shape index (κ1) is 14.1. The predicted octanol–water partition coefficient (Wildman–Crippen LogP) is 2.01. The van der Waals surface area contributed by atoms with Crippen molar-refractivity contribution in [3.63, 3.8) is 0 Å².